The summed E-state index contributed by atoms with van der Waals surface area (Å²) in [4.78, 5) is 0. The first kappa shape index (κ1) is 15.1. The highest BCUT2D eigenvalue weighted by Gasteiger charge is 2.13. The van der Waals surface area contributed by atoms with E-state index >= 15 is 0 Å². The summed E-state index contributed by atoms with van der Waals surface area (Å²) in [5.41, 5.74) is 6.61. The van der Waals surface area contributed by atoms with Gasteiger partial charge in [-0.25, -0.2) is 0 Å². The Bertz CT molecular complexity index is 382. The van der Waals surface area contributed by atoms with E-state index in [9.17, 15) is 0 Å². The Morgan fingerprint density at radius 3 is 2.67 bits per heavy atom. The predicted octanol–water partition coefficient (Wildman–Crippen LogP) is 3.27. The van der Waals surface area contributed by atoms with Gasteiger partial charge in [-0.15, -0.1) is 0 Å². The number of halogens is 1. The van der Waals surface area contributed by atoms with Crippen molar-refractivity contribution in [2.45, 2.75) is 26.7 Å². The van der Waals surface area contributed by atoms with Crippen LogP contribution in [0.1, 0.15) is 25.8 Å². The molecule has 102 valence electrons. The molecule has 0 amide bonds. The topological polar surface area (TPSA) is 44.5 Å². The van der Waals surface area contributed by atoms with Crippen LogP contribution in [0.3, 0.4) is 0 Å². The molecule has 0 aliphatic heterocycles. The second kappa shape index (κ2) is 7.49. The number of hydrogen-bond donors (Lipinski definition) is 1. The molecule has 0 spiro atoms. The molecule has 0 aliphatic rings. The monoisotopic (exact) mass is 271 g/mol. The third kappa shape index (κ3) is 4.07. The number of nitrogens with two attached hydrogens (primary N) is 1. The Kier molecular flexibility index (Phi) is 6.30. The summed E-state index contributed by atoms with van der Waals surface area (Å²) in [5.74, 6) is 1.80. The van der Waals surface area contributed by atoms with Gasteiger partial charge in [-0.05, 0) is 36.6 Å². The highest BCUT2D eigenvalue weighted by atomic mass is 35.5. The Labute approximate surface area is 114 Å². The zero-order valence-corrected chi connectivity index (χ0v) is 12.1. The Morgan fingerprint density at radius 2 is 2.11 bits per heavy atom. The SMILES string of the molecule is CCC(C)COc1c(Cl)cc(CCN)cc1OC. The molecule has 0 aliphatic carbocycles. The maximum Gasteiger partial charge on any atom is 0.179 e. The lowest BCUT2D eigenvalue weighted by molar-refractivity contribution is 0.244. The highest BCUT2D eigenvalue weighted by molar-refractivity contribution is 6.32. The summed E-state index contributed by atoms with van der Waals surface area (Å²) >= 11 is 6.23. The van der Waals surface area contributed by atoms with Gasteiger partial charge in [0.15, 0.2) is 11.5 Å². The normalized spacial score (nSPS) is 12.3. The molecule has 0 bridgehead atoms. The van der Waals surface area contributed by atoms with Crippen LogP contribution >= 0.6 is 11.6 Å². The molecule has 1 atom stereocenters. The van der Waals surface area contributed by atoms with Crippen molar-refractivity contribution < 1.29 is 9.47 Å². The van der Waals surface area contributed by atoms with Gasteiger partial charge in [0.2, 0.25) is 0 Å². The molecule has 2 N–H and O–H groups in total. The fraction of sp³-hybridized carbons (Fsp3) is 0.571. The average Bonchev–Trinajstić information content (AvgIpc) is 2.36. The van der Waals surface area contributed by atoms with E-state index in [0.29, 0.717) is 35.6 Å². The van der Waals surface area contributed by atoms with E-state index in [-0.39, 0.29) is 0 Å². The Balaban J connectivity index is 2.89. The number of benzene rings is 1. The second-order valence-corrected chi connectivity index (χ2v) is 4.88. The van der Waals surface area contributed by atoms with E-state index in [4.69, 9.17) is 26.8 Å². The fourth-order valence-electron chi connectivity index (χ4n) is 1.57. The highest BCUT2D eigenvalue weighted by Crippen LogP contribution is 2.36. The summed E-state index contributed by atoms with van der Waals surface area (Å²) in [6.07, 6.45) is 1.85. The van der Waals surface area contributed by atoms with Crippen molar-refractivity contribution in [1.82, 2.24) is 0 Å². The molecule has 18 heavy (non-hydrogen) atoms. The third-order valence-corrected chi connectivity index (χ3v) is 3.21. The maximum atomic E-state index is 6.23. The van der Waals surface area contributed by atoms with Gasteiger partial charge in [-0.3, -0.25) is 0 Å². The molecule has 0 fully saturated rings. The molecule has 0 heterocycles. The lowest BCUT2D eigenvalue weighted by Crippen LogP contribution is -2.09. The molecule has 0 saturated heterocycles. The van der Waals surface area contributed by atoms with Gasteiger partial charge >= 0.3 is 0 Å². The minimum absolute atomic E-state index is 0.495. The van der Waals surface area contributed by atoms with Gasteiger partial charge in [0, 0.05) is 0 Å². The first-order chi connectivity index (χ1) is 8.62. The molecular formula is C14H22ClNO2. The lowest BCUT2D eigenvalue weighted by atomic mass is 10.1. The quantitative estimate of drug-likeness (QED) is 0.828. The molecule has 1 aromatic carbocycles. The minimum Gasteiger partial charge on any atom is -0.493 e. The molecule has 1 unspecified atom stereocenters. The van der Waals surface area contributed by atoms with Crippen molar-refractivity contribution in [2.24, 2.45) is 11.7 Å². The molecule has 1 aromatic rings. The van der Waals surface area contributed by atoms with Gasteiger partial charge < -0.3 is 15.2 Å². The first-order valence-electron chi connectivity index (χ1n) is 6.31. The Morgan fingerprint density at radius 1 is 1.39 bits per heavy atom. The fourth-order valence-corrected chi connectivity index (χ4v) is 1.86. The Hall–Kier alpha value is -0.930. The molecule has 0 saturated carbocycles. The molecular weight excluding hydrogens is 250 g/mol. The number of methoxy groups -OCH3 is 1. The minimum atomic E-state index is 0.495. The van der Waals surface area contributed by atoms with Crippen LogP contribution in [0.5, 0.6) is 11.5 Å². The summed E-state index contributed by atoms with van der Waals surface area (Å²) in [6, 6.07) is 3.83. The van der Waals surface area contributed by atoms with Gasteiger partial charge in [-0.1, -0.05) is 31.9 Å². The van der Waals surface area contributed by atoms with E-state index in [0.717, 1.165) is 18.4 Å². The maximum absolute atomic E-state index is 6.23. The van der Waals surface area contributed by atoms with E-state index in [1.807, 2.05) is 12.1 Å². The zero-order chi connectivity index (χ0) is 13.5. The van der Waals surface area contributed by atoms with Crippen molar-refractivity contribution >= 4 is 11.6 Å². The van der Waals surface area contributed by atoms with E-state index in [1.54, 1.807) is 7.11 Å². The average molecular weight is 272 g/mol. The number of rotatable bonds is 7. The van der Waals surface area contributed by atoms with E-state index < -0.39 is 0 Å². The van der Waals surface area contributed by atoms with Crippen LogP contribution in [0, 0.1) is 5.92 Å². The largest absolute Gasteiger partial charge is 0.493 e. The molecule has 0 radical (unpaired) electrons. The van der Waals surface area contributed by atoms with Crippen molar-refractivity contribution in [3.8, 4) is 11.5 Å². The summed E-state index contributed by atoms with van der Waals surface area (Å²) < 4.78 is 11.1. The van der Waals surface area contributed by atoms with Gasteiger partial charge in [0.05, 0.1) is 18.7 Å². The molecule has 4 heteroatoms. The van der Waals surface area contributed by atoms with Gasteiger partial charge in [-0.2, -0.15) is 0 Å². The van der Waals surface area contributed by atoms with Crippen LogP contribution in [0.15, 0.2) is 12.1 Å². The summed E-state index contributed by atoms with van der Waals surface area (Å²) in [6.45, 7) is 5.51. The van der Waals surface area contributed by atoms with Crippen molar-refractivity contribution in [2.75, 3.05) is 20.3 Å². The van der Waals surface area contributed by atoms with Crippen LogP contribution in [0.25, 0.3) is 0 Å². The smallest absolute Gasteiger partial charge is 0.179 e. The van der Waals surface area contributed by atoms with Crippen LogP contribution in [-0.2, 0) is 6.42 Å². The van der Waals surface area contributed by atoms with E-state index in [2.05, 4.69) is 13.8 Å². The molecule has 0 aromatic heterocycles. The van der Waals surface area contributed by atoms with Gasteiger partial charge in [0.25, 0.3) is 0 Å². The van der Waals surface area contributed by atoms with Crippen molar-refractivity contribution in [3.05, 3.63) is 22.7 Å². The first-order valence-corrected chi connectivity index (χ1v) is 6.69. The van der Waals surface area contributed by atoms with Gasteiger partial charge in [0.1, 0.15) is 0 Å². The van der Waals surface area contributed by atoms with Crippen LogP contribution in [0.2, 0.25) is 5.02 Å². The standard InChI is InChI=1S/C14H22ClNO2/c1-4-10(2)9-18-14-12(15)7-11(5-6-16)8-13(14)17-3/h7-8,10H,4-6,9,16H2,1-3H3. The van der Waals surface area contributed by atoms with E-state index in [1.165, 1.54) is 0 Å². The molecule has 3 nitrogen and oxygen atoms in total. The molecule has 1 rings (SSSR count). The van der Waals surface area contributed by atoms with Crippen LogP contribution < -0.4 is 15.2 Å². The predicted molar refractivity (Wildman–Crippen MR) is 75.7 cm³/mol. The second-order valence-electron chi connectivity index (χ2n) is 4.47. The third-order valence-electron chi connectivity index (χ3n) is 2.93. The van der Waals surface area contributed by atoms with Crippen molar-refractivity contribution in [1.29, 1.82) is 0 Å². The van der Waals surface area contributed by atoms with Crippen LogP contribution in [0.4, 0.5) is 0 Å². The number of ether oxygens (including phenoxy) is 2. The lowest BCUT2D eigenvalue weighted by Gasteiger charge is -2.16. The number of hydrogen-bond acceptors (Lipinski definition) is 3. The summed E-state index contributed by atoms with van der Waals surface area (Å²) in [7, 11) is 1.62. The zero-order valence-electron chi connectivity index (χ0n) is 11.3. The van der Waals surface area contributed by atoms with Crippen LogP contribution in [-0.4, -0.2) is 20.3 Å². The summed E-state index contributed by atoms with van der Waals surface area (Å²) in [5, 5.41) is 0.584. The van der Waals surface area contributed by atoms with Crippen molar-refractivity contribution in [3.63, 3.8) is 0 Å².